The molecule has 2 rings (SSSR count). The minimum Gasteiger partial charge on any atom is -0.294 e. The third-order valence-corrected chi connectivity index (χ3v) is 3.25. The van der Waals surface area contributed by atoms with Crippen LogP contribution in [0.25, 0.3) is 0 Å². The highest BCUT2D eigenvalue weighted by Gasteiger charge is 2.25. The number of hydrogen-bond donors (Lipinski definition) is 2. The van der Waals surface area contributed by atoms with E-state index in [4.69, 9.17) is 16.2 Å². The van der Waals surface area contributed by atoms with Crippen LogP contribution >= 0.6 is 11.6 Å². The van der Waals surface area contributed by atoms with E-state index in [1.54, 1.807) is 6.07 Å². The van der Waals surface area contributed by atoms with E-state index in [1.807, 2.05) is 12.1 Å². The van der Waals surface area contributed by atoms with E-state index < -0.39 is 11.3 Å². The van der Waals surface area contributed by atoms with E-state index in [0.717, 1.165) is 18.4 Å². The molecule has 1 aromatic carbocycles. The lowest BCUT2D eigenvalue weighted by atomic mass is 10.1. The largest absolute Gasteiger partial charge is 0.294 e. The second kappa shape index (κ2) is 3.98. The Balaban J connectivity index is 2.33. The van der Waals surface area contributed by atoms with Gasteiger partial charge >= 0.3 is 0 Å². The van der Waals surface area contributed by atoms with E-state index in [0.29, 0.717) is 5.02 Å². The van der Waals surface area contributed by atoms with Crippen molar-refractivity contribution in [2.24, 2.45) is 0 Å². The Kier molecular flexibility index (Phi) is 2.88. The van der Waals surface area contributed by atoms with Crippen LogP contribution in [0.15, 0.2) is 18.2 Å². The second-order valence-corrected chi connectivity index (χ2v) is 4.41. The molecule has 1 aromatic rings. The van der Waals surface area contributed by atoms with Crippen LogP contribution < -0.4 is 4.72 Å². The molecule has 0 aliphatic heterocycles. The van der Waals surface area contributed by atoms with Crippen molar-refractivity contribution in [2.45, 2.75) is 18.9 Å². The lowest BCUT2D eigenvalue weighted by Crippen LogP contribution is -2.21. The second-order valence-electron chi connectivity index (χ2n) is 3.27. The van der Waals surface area contributed by atoms with Crippen LogP contribution in [-0.4, -0.2) is 8.76 Å². The van der Waals surface area contributed by atoms with Crippen LogP contribution in [0.2, 0.25) is 5.02 Å². The summed E-state index contributed by atoms with van der Waals surface area (Å²) >= 11 is 4.05. The molecule has 0 bridgehead atoms. The number of nitrogens with one attached hydrogen (secondary N) is 1. The fourth-order valence-corrected chi connectivity index (χ4v) is 2.68. The van der Waals surface area contributed by atoms with Crippen LogP contribution in [-0.2, 0) is 17.7 Å². The third-order valence-electron chi connectivity index (χ3n) is 2.44. The zero-order chi connectivity index (χ0) is 10.1. The first kappa shape index (κ1) is 10.1. The third kappa shape index (κ3) is 1.83. The van der Waals surface area contributed by atoms with Crippen LogP contribution in [0.5, 0.6) is 0 Å². The Morgan fingerprint density at radius 2 is 2.36 bits per heavy atom. The van der Waals surface area contributed by atoms with Gasteiger partial charge in [0.15, 0.2) is 0 Å². The molecular formula is C9H10ClNO2S. The molecule has 0 aromatic heterocycles. The van der Waals surface area contributed by atoms with Gasteiger partial charge in [0.1, 0.15) is 0 Å². The van der Waals surface area contributed by atoms with Gasteiger partial charge in [0.05, 0.1) is 0 Å². The van der Waals surface area contributed by atoms with Gasteiger partial charge in [0.25, 0.3) is 0 Å². The summed E-state index contributed by atoms with van der Waals surface area (Å²) < 4.78 is 22.0. The van der Waals surface area contributed by atoms with Crippen LogP contribution in [0.1, 0.15) is 23.6 Å². The predicted molar refractivity (Wildman–Crippen MR) is 56.4 cm³/mol. The zero-order valence-electron chi connectivity index (χ0n) is 7.37. The van der Waals surface area contributed by atoms with Crippen molar-refractivity contribution < 1.29 is 8.76 Å². The average molecular weight is 232 g/mol. The first-order chi connectivity index (χ1) is 6.68. The molecule has 2 atom stereocenters. The molecule has 2 N–H and O–H groups in total. The van der Waals surface area contributed by atoms with E-state index in [2.05, 4.69) is 4.72 Å². The molecule has 0 heterocycles. The number of rotatable bonds is 2. The first-order valence-electron chi connectivity index (χ1n) is 4.33. The molecule has 76 valence electrons. The summed E-state index contributed by atoms with van der Waals surface area (Å²) in [5.41, 5.74) is 2.14. The summed E-state index contributed by atoms with van der Waals surface area (Å²) in [6.07, 6.45) is 1.73. The molecule has 0 spiro atoms. The Hall–Kier alpha value is -0.420. The SMILES string of the molecule is O=S(O)NC1CCc2cccc(Cl)c21. The van der Waals surface area contributed by atoms with Gasteiger partial charge in [-0.1, -0.05) is 23.7 Å². The molecule has 1 aliphatic carbocycles. The summed E-state index contributed by atoms with van der Waals surface area (Å²) in [5, 5.41) is 0.669. The highest BCUT2D eigenvalue weighted by molar-refractivity contribution is 7.77. The Bertz CT molecular complexity index is 383. The van der Waals surface area contributed by atoms with Crippen molar-refractivity contribution >= 4 is 22.9 Å². The molecule has 14 heavy (non-hydrogen) atoms. The molecule has 3 nitrogen and oxygen atoms in total. The molecule has 0 radical (unpaired) electrons. The molecule has 0 fully saturated rings. The van der Waals surface area contributed by atoms with Crippen molar-refractivity contribution in [3.05, 3.63) is 34.3 Å². The maximum absolute atomic E-state index is 10.6. The maximum Gasteiger partial charge on any atom is 0.232 e. The summed E-state index contributed by atoms with van der Waals surface area (Å²) in [6, 6.07) is 5.62. The van der Waals surface area contributed by atoms with Gasteiger partial charge in [-0.15, -0.1) is 0 Å². The number of fused-ring (bicyclic) bond motifs is 1. The van der Waals surface area contributed by atoms with Crippen LogP contribution in [0.4, 0.5) is 0 Å². The predicted octanol–water partition coefficient (Wildman–Crippen LogP) is 2.05. The van der Waals surface area contributed by atoms with Gasteiger partial charge < -0.3 is 0 Å². The van der Waals surface area contributed by atoms with Gasteiger partial charge in [-0.05, 0) is 30.0 Å². The van der Waals surface area contributed by atoms with Gasteiger partial charge in [-0.3, -0.25) is 4.55 Å². The lowest BCUT2D eigenvalue weighted by molar-refractivity contribution is 0.526. The topological polar surface area (TPSA) is 49.3 Å². The minimum absolute atomic E-state index is 0.0930. The van der Waals surface area contributed by atoms with Crippen molar-refractivity contribution in [2.75, 3.05) is 0 Å². The number of halogens is 1. The van der Waals surface area contributed by atoms with Gasteiger partial charge in [0.2, 0.25) is 11.3 Å². The molecule has 1 aliphatic rings. The first-order valence-corrected chi connectivity index (χ1v) is 5.81. The van der Waals surface area contributed by atoms with E-state index >= 15 is 0 Å². The monoisotopic (exact) mass is 231 g/mol. The fraction of sp³-hybridized carbons (Fsp3) is 0.333. The number of hydrogen-bond acceptors (Lipinski definition) is 1. The zero-order valence-corrected chi connectivity index (χ0v) is 8.94. The fourth-order valence-electron chi connectivity index (χ4n) is 1.87. The Morgan fingerprint density at radius 1 is 1.57 bits per heavy atom. The van der Waals surface area contributed by atoms with Crippen LogP contribution in [0.3, 0.4) is 0 Å². The molecule has 5 heteroatoms. The summed E-state index contributed by atoms with van der Waals surface area (Å²) in [7, 11) is 0. The van der Waals surface area contributed by atoms with Crippen molar-refractivity contribution in [3.8, 4) is 0 Å². The highest BCUT2D eigenvalue weighted by Crippen LogP contribution is 2.36. The summed E-state index contributed by atoms with van der Waals surface area (Å²) in [6.45, 7) is 0. The lowest BCUT2D eigenvalue weighted by Gasteiger charge is -2.11. The quantitative estimate of drug-likeness (QED) is 0.766. The molecular weight excluding hydrogens is 222 g/mol. The minimum atomic E-state index is -1.98. The van der Waals surface area contributed by atoms with Crippen molar-refractivity contribution in [3.63, 3.8) is 0 Å². The standard InChI is InChI=1S/C9H10ClNO2S/c10-7-3-1-2-6-4-5-8(9(6)7)11-14(12)13/h1-3,8,11H,4-5H2,(H,12,13). The summed E-state index contributed by atoms with van der Waals surface area (Å²) in [4.78, 5) is 0. The normalized spacial score (nSPS) is 22.0. The van der Waals surface area contributed by atoms with Gasteiger partial charge in [0, 0.05) is 11.1 Å². The van der Waals surface area contributed by atoms with E-state index in [9.17, 15) is 4.21 Å². The molecule has 0 amide bonds. The smallest absolute Gasteiger partial charge is 0.232 e. The average Bonchev–Trinajstić information content (AvgIpc) is 2.49. The van der Waals surface area contributed by atoms with Crippen LogP contribution in [0, 0.1) is 0 Å². The van der Waals surface area contributed by atoms with E-state index in [1.165, 1.54) is 5.56 Å². The van der Waals surface area contributed by atoms with Gasteiger partial charge in [-0.2, -0.15) is 0 Å². The molecule has 0 saturated heterocycles. The Labute approximate surface area is 89.9 Å². The van der Waals surface area contributed by atoms with Crippen molar-refractivity contribution in [1.29, 1.82) is 0 Å². The maximum atomic E-state index is 10.6. The highest BCUT2D eigenvalue weighted by atomic mass is 35.5. The number of aryl methyl sites for hydroxylation is 1. The van der Waals surface area contributed by atoms with Crippen molar-refractivity contribution in [1.82, 2.24) is 4.72 Å². The molecule has 0 saturated carbocycles. The van der Waals surface area contributed by atoms with Gasteiger partial charge in [-0.25, -0.2) is 8.93 Å². The number of benzene rings is 1. The summed E-state index contributed by atoms with van der Waals surface area (Å²) in [5.74, 6) is 0. The Morgan fingerprint density at radius 3 is 3.07 bits per heavy atom. The van der Waals surface area contributed by atoms with E-state index in [-0.39, 0.29) is 6.04 Å². The molecule has 2 unspecified atom stereocenters.